The van der Waals surface area contributed by atoms with Gasteiger partial charge in [0.15, 0.2) is 5.78 Å². The van der Waals surface area contributed by atoms with Crippen molar-refractivity contribution in [3.05, 3.63) is 46.2 Å². The molecule has 5 nitrogen and oxygen atoms in total. The number of imidazole rings is 1. The molecule has 2 heterocycles. The van der Waals surface area contributed by atoms with Crippen molar-refractivity contribution in [2.75, 3.05) is 0 Å². The van der Waals surface area contributed by atoms with Crippen molar-refractivity contribution in [2.24, 2.45) is 0 Å². The highest BCUT2D eigenvalue weighted by Gasteiger charge is 2.30. The van der Waals surface area contributed by atoms with E-state index >= 15 is 0 Å². The third-order valence-corrected chi connectivity index (χ3v) is 4.10. The number of hydrogen-bond acceptors (Lipinski definition) is 3. The van der Waals surface area contributed by atoms with Crippen LogP contribution in [-0.2, 0) is 9.59 Å². The van der Waals surface area contributed by atoms with Crippen LogP contribution in [-0.4, -0.2) is 26.2 Å². The third-order valence-electron chi connectivity index (χ3n) is 4.10. The fourth-order valence-electron chi connectivity index (χ4n) is 3.22. The van der Waals surface area contributed by atoms with E-state index < -0.39 is 5.97 Å². The maximum absolute atomic E-state index is 11.9. The fourth-order valence-corrected chi connectivity index (χ4v) is 3.22. The Morgan fingerprint density at radius 2 is 2.10 bits per heavy atom. The molecule has 0 aliphatic heterocycles. The number of carbonyl (C=O) groups excluding carboxylic acids is 1. The first-order chi connectivity index (χ1) is 10.2. The molecule has 0 spiro atoms. The quantitative estimate of drug-likeness (QED) is 0.768. The minimum absolute atomic E-state index is 0.0518. The van der Waals surface area contributed by atoms with Gasteiger partial charge in [0, 0.05) is 12.6 Å². The van der Waals surface area contributed by atoms with Crippen molar-refractivity contribution in [3.8, 4) is 0 Å². The molecule has 0 radical (unpaired) electrons. The van der Waals surface area contributed by atoms with Crippen LogP contribution in [0.15, 0.2) is 35.5 Å². The first-order valence-electron chi connectivity index (χ1n) is 6.83. The average molecular weight is 280 g/mol. The Hall–Kier alpha value is -2.69. The number of rotatable bonds is 1. The van der Waals surface area contributed by atoms with Crippen LogP contribution >= 0.6 is 0 Å². The maximum atomic E-state index is 11.9. The summed E-state index contributed by atoms with van der Waals surface area (Å²) in [5.41, 5.74) is 2.38. The van der Waals surface area contributed by atoms with E-state index in [9.17, 15) is 14.7 Å². The number of carboxylic acids is 1. The number of nitrogens with zero attached hydrogens (tertiary/aromatic N) is 2. The Morgan fingerprint density at radius 1 is 1.24 bits per heavy atom. The normalized spacial score (nSPS) is 17.5. The van der Waals surface area contributed by atoms with Gasteiger partial charge in [-0.05, 0) is 36.1 Å². The molecule has 21 heavy (non-hydrogen) atoms. The highest BCUT2D eigenvalue weighted by molar-refractivity contribution is 6.20. The second-order valence-corrected chi connectivity index (χ2v) is 5.24. The minimum Gasteiger partial charge on any atom is -0.478 e. The molecule has 0 fully saturated rings. The van der Waals surface area contributed by atoms with Gasteiger partial charge in [0.1, 0.15) is 11.2 Å². The van der Waals surface area contributed by atoms with Crippen LogP contribution in [0.5, 0.6) is 0 Å². The predicted octanol–water partition coefficient (Wildman–Crippen LogP) is 0.413. The molecule has 2 aromatic rings. The van der Waals surface area contributed by atoms with Gasteiger partial charge in [-0.3, -0.25) is 9.20 Å². The van der Waals surface area contributed by atoms with E-state index in [1.807, 2.05) is 34.9 Å². The molecule has 5 heteroatoms. The van der Waals surface area contributed by atoms with Gasteiger partial charge in [-0.2, -0.15) is 0 Å². The summed E-state index contributed by atoms with van der Waals surface area (Å²) in [5, 5.41) is 11.1. The van der Waals surface area contributed by atoms with Crippen molar-refractivity contribution in [3.63, 3.8) is 0 Å². The maximum Gasteiger partial charge on any atom is 0.339 e. The van der Waals surface area contributed by atoms with Crippen LogP contribution in [0, 0.1) is 0 Å². The molecular formula is C16H12N2O3. The first kappa shape index (κ1) is 12.1. The van der Waals surface area contributed by atoms with Gasteiger partial charge in [-0.15, -0.1) is 0 Å². The zero-order chi connectivity index (χ0) is 14.6. The van der Waals surface area contributed by atoms with Gasteiger partial charge >= 0.3 is 5.97 Å². The van der Waals surface area contributed by atoms with E-state index in [0.717, 1.165) is 21.9 Å². The van der Waals surface area contributed by atoms with E-state index in [1.54, 1.807) is 0 Å². The van der Waals surface area contributed by atoms with Gasteiger partial charge in [0.05, 0.1) is 10.7 Å². The van der Waals surface area contributed by atoms with E-state index in [4.69, 9.17) is 0 Å². The van der Waals surface area contributed by atoms with Gasteiger partial charge < -0.3 is 5.11 Å². The monoisotopic (exact) mass is 280 g/mol. The smallest absolute Gasteiger partial charge is 0.339 e. The molecule has 2 aliphatic carbocycles. The summed E-state index contributed by atoms with van der Waals surface area (Å²) >= 11 is 0. The molecule has 0 unspecified atom stereocenters. The zero-order valence-electron chi connectivity index (χ0n) is 11.2. The van der Waals surface area contributed by atoms with Gasteiger partial charge in [0.25, 0.3) is 0 Å². The summed E-state index contributed by atoms with van der Waals surface area (Å²) in [6, 6.07) is 5.75. The largest absolute Gasteiger partial charge is 0.478 e. The topological polar surface area (TPSA) is 71.7 Å². The number of hydrogen-bond donors (Lipinski definition) is 1. The van der Waals surface area contributed by atoms with Crippen molar-refractivity contribution in [2.45, 2.75) is 19.3 Å². The van der Waals surface area contributed by atoms with Crippen molar-refractivity contribution in [1.29, 1.82) is 0 Å². The molecule has 0 atom stereocenters. The molecular weight excluding hydrogens is 268 g/mol. The van der Waals surface area contributed by atoms with Crippen LogP contribution < -0.4 is 10.7 Å². The fraction of sp³-hybridized carbons (Fsp3) is 0.188. The molecule has 0 bridgehead atoms. The number of fused-ring (bicyclic) bond motifs is 4. The highest BCUT2D eigenvalue weighted by atomic mass is 16.4. The van der Waals surface area contributed by atoms with Crippen LogP contribution in [0.25, 0.3) is 17.3 Å². The summed E-state index contributed by atoms with van der Waals surface area (Å²) < 4.78 is 1.97. The summed E-state index contributed by atoms with van der Waals surface area (Å²) in [5.74, 6) is -1.40. The Labute approximate surface area is 119 Å². The lowest BCUT2D eigenvalue weighted by Gasteiger charge is -2.21. The standard InChI is InChI=1S/C16H12N2O3/c19-12-7-5-10-9(14(12)16(20)21)4-6-11-15(10)18-8-2-1-3-13(18)17-11/h1-3,6,8H,4-5,7H2,(H,20,21). The van der Waals surface area contributed by atoms with Crippen molar-refractivity contribution in [1.82, 2.24) is 9.38 Å². The van der Waals surface area contributed by atoms with Crippen LogP contribution in [0.3, 0.4) is 0 Å². The number of pyridine rings is 1. The van der Waals surface area contributed by atoms with Crippen LogP contribution in [0.1, 0.15) is 19.3 Å². The molecule has 2 aliphatic rings. The lowest BCUT2D eigenvalue weighted by atomic mass is 9.83. The number of Topliss-reactive ketones (excluding diaryl/α,β-unsaturated/α-hetero) is 1. The molecule has 0 saturated heterocycles. The van der Waals surface area contributed by atoms with Gasteiger partial charge in [0.2, 0.25) is 0 Å². The summed E-state index contributed by atoms with van der Waals surface area (Å²) in [7, 11) is 0. The van der Waals surface area contributed by atoms with E-state index in [1.165, 1.54) is 0 Å². The minimum atomic E-state index is -1.13. The number of allylic oxidation sites excluding steroid dienone is 1. The first-order valence-corrected chi connectivity index (χ1v) is 6.83. The molecule has 0 saturated carbocycles. The van der Waals surface area contributed by atoms with Crippen molar-refractivity contribution < 1.29 is 14.7 Å². The second-order valence-electron chi connectivity index (χ2n) is 5.24. The highest BCUT2D eigenvalue weighted by Crippen LogP contribution is 2.31. The number of ketones is 1. The van der Waals surface area contributed by atoms with Crippen molar-refractivity contribution >= 4 is 29.0 Å². The molecule has 104 valence electrons. The van der Waals surface area contributed by atoms with Gasteiger partial charge in [-0.1, -0.05) is 12.1 Å². The summed E-state index contributed by atoms with van der Waals surface area (Å²) in [4.78, 5) is 27.9. The Bertz CT molecular complexity index is 963. The van der Waals surface area contributed by atoms with Gasteiger partial charge in [-0.25, -0.2) is 9.78 Å². The lowest BCUT2D eigenvalue weighted by molar-refractivity contribution is -0.134. The summed E-state index contributed by atoms with van der Waals surface area (Å²) in [6.45, 7) is 0. The number of aliphatic carboxylic acids is 1. The molecule has 1 N–H and O–H groups in total. The third kappa shape index (κ3) is 1.60. The van der Waals surface area contributed by atoms with E-state index in [-0.39, 0.29) is 17.8 Å². The predicted molar refractivity (Wildman–Crippen MR) is 75.8 cm³/mol. The molecule has 0 aromatic carbocycles. The Kier molecular flexibility index (Phi) is 2.39. The summed E-state index contributed by atoms with van der Waals surface area (Å²) in [6.07, 6.45) is 5.11. The van der Waals surface area contributed by atoms with Crippen LogP contribution in [0.4, 0.5) is 0 Å². The second kappa shape index (κ2) is 4.15. The average Bonchev–Trinajstić information content (AvgIpc) is 2.85. The molecule has 2 aromatic heterocycles. The number of carboxylic acid groups (broad SMARTS) is 1. The van der Waals surface area contributed by atoms with E-state index in [2.05, 4.69) is 4.98 Å². The number of aromatic nitrogens is 2. The lowest BCUT2D eigenvalue weighted by Crippen LogP contribution is -2.35. The van der Waals surface area contributed by atoms with E-state index in [0.29, 0.717) is 18.4 Å². The Balaban J connectivity index is 2.19. The number of carbonyl (C=O) groups is 2. The molecule has 0 amide bonds. The SMILES string of the molecule is O=C(O)C1=C2CC=c3nc4ccccn4c3=C2CCC1=O. The zero-order valence-corrected chi connectivity index (χ0v) is 11.2. The Morgan fingerprint density at radius 3 is 2.90 bits per heavy atom. The van der Waals surface area contributed by atoms with Crippen LogP contribution in [0.2, 0.25) is 0 Å². The molecule has 4 rings (SSSR count).